The predicted octanol–water partition coefficient (Wildman–Crippen LogP) is 3.20. The number of nitrogens with zero attached hydrogens (tertiary/aromatic N) is 4. The molecule has 1 amide bonds. The van der Waals surface area contributed by atoms with Crippen LogP contribution in [0.5, 0.6) is 5.75 Å². The number of hydrogen-bond acceptors (Lipinski definition) is 7. The van der Waals surface area contributed by atoms with E-state index in [1.165, 1.54) is 0 Å². The lowest BCUT2D eigenvalue weighted by Gasteiger charge is -2.26. The lowest BCUT2D eigenvalue weighted by molar-refractivity contribution is 0.0322. The van der Waals surface area contributed by atoms with Crippen molar-refractivity contribution in [3.05, 3.63) is 89.0 Å². The number of ether oxygens (including phenoxy) is 2. The van der Waals surface area contributed by atoms with Gasteiger partial charge in [-0.25, -0.2) is 9.61 Å². The minimum absolute atomic E-state index is 0.228. The lowest BCUT2D eigenvalue weighted by atomic mass is 10.0. The van der Waals surface area contributed by atoms with Crippen LogP contribution in [0.4, 0.5) is 5.69 Å². The van der Waals surface area contributed by atoms with Gasteiger partial charge >= 0.3 is 0 Å². The average Bonchev–Trinajstić information content (AvgIpc) is 3.38. The molecule has 0 saturated carbocycles. The molecule has 0 atom stereocenters. The van der Waals surface area contributed by atoms with Gasteiger partial charge in [0.1, 0.15) is 12.4 Å². The number of rotatable bonds is 7. The fourth-order valence-electron chi connectivity index (χ4n) is 4.59. The van der Waals surface area contributed by atoms with E-state index in [1.54, 1.807) is 35.1 Å². The summed E-state index contributed by atoms with van der Waals surface area (Å²) in [5.41, 5.74) is 3.05. The zero-order valence-corrected chi connectivity index (χ0v) is 20.6. The van der Waals surface area contributed by atoms with E-state index in [0.29, 0.717) is 40.2 Å². The van der Waals surface area contributed by atoms with Crippen LogP contribution in [-0.2, 0) is 4.74 Å². The smallest absolute Gasteiger partial charge is 0.272 e. The highest BCUT2D eigenvalue weighted by atomic mass is 16.5. The highest BCUT2D eigenvalue weighted by molar-refractivity contribution is 6.09. The normalized spacial score (nSPS) is 14.1. The molecule has 5 aromatic rings. The van der Waals surface area contributed by atoms with Crippen LogP contribution in [0.2, 0.25) is 0 Å². The first-order valence-corrected chi connectivity index (χ1v) is 12.5. The van der Waals surface area contributed by atoms with E-state index in [9.17, 15) is 9.59 Å². The number of amides is 1. The molecule has 1 aliphatic rings. The van der Waals surface area contributed by atoms with Gasteiger partial charge in [0.05, 0.1) is 47.8 Å². The van der Waals surface area contributed by atoms with E-state index in [4.69, 9.17) is 9.47 Å². The second kappa shape index (κ2) is 10.4. The van der Waals surface area contributed by atoms with Crippen LogP contribution in [0, 0.1) is 0 Å². The molecule has 0 spiro atoms. The molecule has 192 valence electrons. The number of anilines is 1. The van der Waals surface area contributed by atoms with Crippen molar-refractivity contribution in [3.63, 3.8) is 0 Å². The molecule has 10 heteroatoms. The van der Waals surface area contributed by atoms with Gasteiger partial charge in [-0.15, -0.1) is 0 Å². The molecular formula is C28H26N6O4. The number of aromatic nitrogens is 4. The third kappa shape index (κ3) is 4.86. The van der Waals surface area contributed by atoms with Crippen molar-refractivity contribution in [3.8, 4) is 17.0 Å². The number of carbonyl (C=O) groups is 1. The Morgan fingerprint density at radius 3 is 2.63 bits per heavy atom. The van der Waals surface area contributed by atoms with Crippen molar-refractivity contribution in [2.24, 2.45) is 0 Å². The molecule has 4 heterocycles. The summed E-state index contributed by atoms with van der Waals surface area (Å²) in [5, 5.41) is 15.4. The van der Waals surface area contributed by atoms with Crippen LogP contribution in [-0.4, -0.2) is 70.1 Å². The van der Waals surface area contributed by atoms with Crippen LogP contribution in [0.15, 0.2) is 77.9 Å². The van der Waals surface area contributed by atoms with Gasteiger partial charge < -0.3 is 14.8 Å². The monoisotopic (exact) mass is 510 g/mol. The molecular weight excluding hydrogens is 484 g/mol. The molecule has 0 aliphatic carbocycles. The minimum atomic E-state index is -0.263. The molecule has 10 nitrogen and oxygen atoms in total. The first-order valence-electron chi connectivity index (χ1n) is 12.5. The maximum Gasteiger partial charge on any atom is 0.272 e. The fraction of sp³-hybridized carbons (Fsp3) is 0.214. The number of morpholine rings is 1. The number of fused-ring (bicyclic) bond motifs is 2. The van der Waals surface area contributed by atoms with E-state index >= 15 is 0 Å². The Hall–Kier alpha value is -4.54. The Kier molecular flexibility index (Phi) is 6.55. The summed E-state index contributed by atoms with van der Waals surface area (Å²) in [6, 6.07) is 18.4. The van der Waals surface area contributed by atoms with Crippen molar-refractivity contribution in [2.45, 2.75) is 0 Å². The topological polar surface area (TPSA) is 114 Å². The maximum atomic E-state index is 13.0. The lowest BCUT2D eigenvalue weighted by Crippen LogP contribution is -2.38. The summed E-state index contributed by atoms with van der Waals surface area (Å²) in [5.74, 6) is 0.432. The predicted molar refractivity (Wildman–Crippen MR) is 144 cm³/mol. The molecule has 3 aromatic heterocycles. The number of aromatic amines is 1. The van der Waals surface area contributed by atoms with Gasteiger partial charge in [0.2, 0.25) is 0 Å². The maximum absolute atomic E-state index is 13.0. The van der Waals surface area contributed by atoms with E-state index in [0.717, 1.165) is 43.8 Å². The van der Waals surface area contributed by atoms with E-state index in [2.05, 4.69) is 25.5 Å². The number of H-pyrrole nitrogens is 1. The molecule has 0 unspecified atom stereocenters. The molecule has 0 bridgehead atoms. The van der Waals surface area contributed by atoms with Gasteiger partial charge in [-0.1, -0.05) is 30.3 Å². The summed E-state index contributed by atoms with van der Waals surface area (Å²) in [4.78, 5) is 27.4. The molecule has 1 aliphatic heterocycles. The third-order valence-corrected chi connectivity index (χ3v) is 6.63. The summed E-state index contributed by atoms with van der Waals surface area (Å²) < 4.78 is 12.9. The SMILES string of the molecule is O=C(Nc1ccc(-c2n[nH]c(=O)c3ccccc23)cc1)c1cnn2cc(OCCN3CCOCC3)ccc12. The molecule has 2 N–H and O–H groups in total. The number of nitrogens with one attached hydrogen (secondary N) is 2. The van der Waals surface area contributed by atoms with Crippen molar-refractivity contribution in [1.82, 2.24) is 24.7 Å². The molecule has 0 radical (unpaired) electrons. The van der Waals surface area contributed by atoms with Crippen LogP contribution < -0.4 is 15.6 Å². The van der Waals surface area contributed by atoms with E-state index < -0.39 is 0 Å². The molecule has 6 rings (SSSR count). The van der Waals surface area contributed by atoms with Crippen LogP contribution in [0.1, 0.15) is 10.4 Å². The minimum Gasteiger partial charge on any atom is -0.491 e. The van der Waals surface area contributed by atoms with Crippen LogP contribution >= 0.6 is 0 Å². The summed E-state index contributed by atoms with van der Waals surface area (Å²) in [7, 11) is 0. The zero-order chi connectivity index (χ0) is 25.9. The quantitative estimate of drug-likeness (QED) is 0.346. The van der Waals surface area contributed by atoms with E-state index in [-0.39, 0.29) is 11.5 Å². The number of carbonyl (C=O) groups excluding carboxylic acids is 1. The van der Waals surface area contributed by atoms with Gasteiger partial charge in [-0.05, 0) is 30.3 Å². The largest absolute Gasteiger partial charge is 0.491 e. The van der Waals surface area contributed by atoms with Crippen molar-refractivity contribution in [1.29, 1.82) is 0 Å². The number of benzene rings is 2. The Balaban J connectivity index is 1.13. The summed E-state index contributed by atoms with van der Waals surface area (Å²) in [6.45, 7) is 4.77. The third-order valence-electron chi connectivity index (χ3n) is 6.63. The molecule has 38 heavy (non-hydrogen) atoms. The van der Waals surface area contributed by atoms with Gasteiger partial charge in [-0.2, -0.15) is 10.2 Å². The van der Waals surface area contributed by atoms with E-state index in [1.807, 2.05) is 42.5 Å². The summed E-state index contributed by atoms with van der Waals surface area (Å²) >= 11 is 0. The fourth-order valence-corrected chi connectivity index (χ4v) is 4.59. The highest BCUT2D eigenvalue weighted by Crippen LogP contribution is 2.26. The Labute approximate surface area is 217 Å². The number of hydrogen-bond donors (Lipinski definition) is 2. The zero-order valence-electron chi connectivity index (χ0n) is 20.6. The van der Waals surface area contributed by atoms with Crippen molar-refractivity contribution >= 4 is 27.9 Å². The second-order valence-electron chi connectivity index (χ2n) is 9.03. The first kappa shape index (κ1) is 23.8. The van der Waals surface area contributed by atoms with Gasteiger partial charge in [0, 0.05) is 36.3 Å². The van der Waals surface area contributed by atoms with Crippen LogP contribution in [0.3, 0.4) is 0 Å². The van der Waals surface area contributed by atoms with Crippen molar-refractivity contribution < 1.29 is 14.3 Å². The Morgan fingerprint density at radius 1 is 1.03 bits per heavy atom. The first-order chi connectivity index (χ1) is 18.7. The molecule has 1 fully saturated rings. The van der Waals surface area contributed by atoms with Gasteiger partial charge in [0.15, 0.2) is 0 Å². The standard InChI is InChI=1S/C28H26N6O4/c35-27(24-17-29-34-18-21(9-10-25(24)34)38-16-13-33-11-14-37-15-12-33)30-20-7-5-19(6-8-20)26-22-3-1-2-4-23(22)28(36)32-31-26/h1-10,17-18H,11-16H2,(H,30,35)(H,32,36). The summed E-state index contributed by atoms with van der Waals surface area (Å²) in [6.07, 6.45) is 3.33. The Bertz CT molecular complexity index is 1650. The van der Waals surface area contributed by atoms with Crippen LogP contribution in [0.25, 0.3) is 27.5 Å². The Morgan fingerprint density at radius 2 is 1.82 bits per heavy atom. The van der Waals surface area contributed by atoms with Gasteiger partial charge in [-0.3, -0.25) is 14.5 Å². The molecule has 2 aromatic carbocycles. The average molecular weight is 511 g/mol. The van der Waals surface area contributed by atoms with Crippen molar-refractivity contribution in [2.75, 3.05) is 44.8 Å². The highest BCUT2D eigenvalue weighted by Gasteiger charge is 2.15. The molecule has 1 saturated heterocycles. The number of pyridine rings is 1. The van der Waals surface area contributed by atoms with Gasteiger partial charge in [0.25, 0.3) is 11.5 Å². The second-order valence-corrected chi connectivity index (χ2v) is 9.03.